The molecule has 158 valence electrons. The molecular formula is C17H16F2N6O4S. The first-order valence-corrected chi connectivity index (χ1v) is 9.40. The van der Waals surface area contributed by atoms with E-state index in [0.29, 0.717) is 16.6 Å². The standard InChI is InChI=1S/C17H16F2N6O4S/c1-7-5-9(15(18)19)21-17-12(7)13(14(30-17)16(20)27)22-11(26)3-4-24-8(2)6-10(23-24)25(28)29/h5-6,15H,3-4H2,1-2H3,(H2,20,27)(H,22,26). The summed E-state index contributed by atoms with van der Waals surface area (Å²) in [5.74, 6) is -1.67. The van der Waals surface area contributed by atoms with Gasteiger partial charge < -0.3 is 21.2 Å². The Morgan fingerprint density at radius 1 is 1.37 bits per heavy atom. The molecule has 0 unspecified atom stereocenters. The lowest BCUT2D eigenvalue weighted by Crippen LogP contribution is -2.18. The fourth-order valence-electron chi connectivity index (χ4n) is 2.93. The van der Waals surface area contributed by atoms with Crippen molar-refractivity contribution in [1.82, 2.24) is 14.8 Å². The van der Waals surface area contributed by atoms with Gasteiger partial charge in [-0.1, -0.05) is 0 Å². The molecule has 0 aromatic carbocycles. The van der Waals surface area contributed by atoms with Gasteiger partial charge in [-0.2, -0.15) is 4.68 Å². The number of halogens is 2. The van der Waals surface area contributed by atoms with Gasteiger partial charge in [0.25, 0.3) is 12.3 Å². The number of carbonyl (C=O) groups excluding carboxylic acids is 2. The molecule has 0 aliphatic carbocycles. The number of nitro groups is 1. The highest BCUT2D eigenvalue weighted by Crippen LogP contribution is 2.38. The monoisotopic (exact) mass is 438 g/mol. The summed E-state index contributed by atoms with van der Waals surface area (Å²) in [5.41, 5.74) is 5.98. The van der Waals surface area contributed by atoms with Crippen molar-refractivity contribution in [3.63, 3.8) is 0 Å². The molecule has 0 spiro atoms. The zero-order valence-electron chi connectivity index (χ0n) is 15.8. The quantitative estimate of drug-likeness (QED) is 0.428. The van der Waals surface area contributed by atoms with E-state index in [1.165, 1.54) is 16.8 Å². The molecule has 0 radical (unpaired) electrons. The van der Waals surface area contributed by atoms with Gasteiger partial charge in [-0.05, 0) is 30.4 Å². The summed E-state index contributed by atoms with van der Waals surface area (Å²) in [7, 11) is 0. The van der Waals surface area contributed by atoms with Crippen LogP contribution in [0.1, 0.15) is 39.5 Å². The van der Waals surface area contributed by atoms with Crippen LogP contribution in [0.15, 0.2) is 12.1 Å². The van der Waals surface area contributed by atoms with Crippen molar-refractivity contribution in [1.29, 1.82) is 0 Å². The number of hydrogen-bond acceptors (Lipinski definition) is 7. The van der Waals surface area contributed by atoms with E-state index in [-0.39, 0.29) is 34.2 Å². The van der Waals surface area contributed by atoms with Crippen LogP contribution < -0.4 is 11.1 Å². The van der Waals surface area contributed by atoms with Gasteiger partial charge in [0.05, 0.1) is 29.1 Å². The number of aromatic nitrogens is 3. The molecule has 0 saturated carbocycles. The molecule has 30 heavy (non-hydrogen) atoms. The Labute approximate surface area is 171 Å². The van der Waals surface area contributed by atoms with Crippen LogP contribution in [0.5, 0.6) is 0 Å². The summed E-state index contributed by atoms with van der Waals surface area (Å²) in [6.07, 6.45) is -2.89. The van der Waals surface area contributed by atoms with Gasteiger partial charge >= 0.3 is 5.82 Å². The van der Waals surface area contributed by atoms with Crippen molar-refractivity contribution in [3.8, 4) is 0 Å². The zero-order chi connectivity index (χ0) is 22.2. The first kappa shape index (κ1) is 21.2. The van der Waals surface area contributed by atoms with Gasteiger partial charge in [0.15, 0.2) is 0 Å². The molecule has 0 bridgehead atoms. The number of aryl methyl sites for hydroxylation is 3. The Hall–Kier alpha value is -3.48. The molecule has 0 fully saturated rings. The Morgan fingerprint density at radius 2 is 2.07 bits per heavy atom. The molecule has 2 amide bonds. The number of fused-ring (bicyclic) bond motifs is 1. The van der Waals surface area contributed by atoms with Gasteiger partial charge in [0, 0.05) is 11.8 Å². The Balaban J connectivity index is 1.87. The summed E-state index contributed by atoms with van der Waals surface area (Å²) in [5, 5.41) is 17.5. The third-order valence-electron chi connectivity index (χ3n) is 4.30. The number of hydrogen-bond donors (Lipinski definition) is 2. The minimum Gasteiger partial charge on any atom is -0.365 e. The highest BCUT2D eigenvalue weighted by Gasteiger charge is 2.23. The maximum atomic E-state index is 13.0. The smallest absolute Gasteiger partial charge is 0.365 e. The molecule has 0 aliphatic heterocycles. The van der Waals surface area contributed by atoms with E-state index in [1.54, 1.807) is 13.8 Å². The first-order valence-electron chi connectivity index (χ1n) is 8.59. The van der Waals surface area contributed by atoms with Crippen molar-refractivity contribution in [2.75, 3.05) is 5.32 Å². The fourth-order valence-corrected chi connectivity index (χ4v) is 3.99. The number of thiophene rings is 1. The highest BCUT2D eigenvalue weighted by molar-refractivity contribution is 7.21. The lowest BCUT2D eigenvalue weighted by atomic mass is 10.1. The van der Waals surface area contributed by atoms with Crippen LogP contribution in [0.4, 0.5) is 20.3 Å². The number of alkyl halides is 2. The predicted octanol–water partition coefficient (Wildman–Crippen LogP) is 3.08. The van der Waals surface area contributed by atoms with Crippen molar-refractivity contribution in [2.45, 2.75) is 33.2 Å². The second-order valence-electron chi connectivity index (χ2n) is 6.44. The van der Waals surface area contributed by atoms with Crippen molar-refractivity contribution in [3.05, 3.63) is 44.1 Å². The van der Waals surface area contributed by atoms with Crippen LogP contribution >= 0.6 is 11.3 Å². The minimum atomic E-state index is -2.79. The van der Waals surface area contributed by atoms with Gasteiger partial charge in [-0.3, -0.25) is 9.59 Å². The number of anilines is 1. The number of pyridine rings is 1. The number of nitrogens with one attached hydrogen (secondary N) is 1. The number of primary amides is 1. The van der Waals surface area contributed by atoms with Crippen molar-refractivity contribution in [2.24, 2.45) is 5.73 Å². The molecule has 3 aromatic rings. The van der Waals surface area contributed by atoms with Crippen molar-refractivity contribution < 1.29 is 23.3 Å². The van der Waals surface area contributed by atoms with Gasteiger partial charge in [-0.25, -0.2) is 13.8 Å². The molecule has 0 saturated heterocycles. The second-order valence-corrected chi connectivity index (χ2v) is 7.44. The lowest BCUT2D eigenvalue weighted by Gasteiger charge is -2.08. The number of nitrogens with two attached hydrogens (primary N) is 1. The highest BCUT2D eigenvalue weighted by atomic mass is 32.1. The summed E-state index contributed by atoms with van der Waals surface area (Å²) in [6.45, 7) is 3.24. The van der Waals surface area contributed by atoms with Gasteiger partial charge in [-0.15, -0.1) is 11.3 Å². The van der Waals surface area contributed by atoms with Gasteiger partial charge in [0.2, 0.25) is 5.91 Å². The summed E-state index contributed by atoms with van der Waals surface area (Å²) in [4.78, 5) is 38.5. The third-order valence-corrected chi connectivity index (χ3v) is 5.40. The average Bonchev–Trinajstić information content (AvgIpc) is 3.21. The van der Waals surface area contributed by atoms with E-state index >= 15 is 0 Å². The second kappa shape index (κ2) is 8.10. The first-order chi connectivity index (χ1) is 14.1. The number of nitrogens with zero attached hydrogens (tertiary/aromatic N) is 4. The van der Waals surface area contributed by atoms with Crippen LogP contribution in [0.3, 0.4) is 0 Å². The minimum absolute atomic E-state index is 0.00808. The maximum Gasteiger partial charge on any atom is 0.390 e. The van der Waals surface area contributed by atoms with E-state index in [1.807, 2.05) is 0 Å². The Kier molecular flexibility index (Phi) is 5.73. The molecule has 0 atom stereocenters. The molecule has 10 nitrogen and oxygen atoms in total. The Bertz CT molecular complexity index is 1170. The molecule has 3 rings (SSSR count). The lowest BCUT2D eigenvalue weighted by molar-refractivity contribution is -0.389. The van der Waals surface area contributed by atoms with Crippen LogP contribution in [0.25, 0.3) is 10.2 Å². The van der Waals surface area contributed by atoms with Crippen LogP contribution in [-0.2, 0) is 11.3 Å². The van der Waals surface area contributed by atoms with Crippen molar-refractivity contribution >= 4 is 44.9 Å². The largest absolute Gasteiger partial charge is 0.390 e. The van der Waals surface area contributed by atoms with Crippen LogP contribution in [0.2, 0.25) is 0 Å². The topological polar surface area (TPSA) is 146 Å². The van der Waals surface area contributed by atoms with E-state index < -0.39 is 28.9 Å². The number of amides is 2. The van der Waals surface area contributed by atoms with Crippen LogP contribution in [-0.4, -0.2) is 31.5 Å². The summed E-state index contributed by atoms with van der Waals surface area (Å²) < 4.78 is 27.4. The third kappa shape index (κ3) is 4.10. The summed E-state index contributed by atoms with van der Waals surface area (Å²) >= 11 is 0.817. The molecule has 3 heterocycles. The van der Waals surface area contributed by atoms with Crippen LogP contribution in [0, 0.1) is 24.0 Å². The average molecular weight is 438 g/mol. The van der Waals surface area contributed by atoms with Gasteiger partial charge in [0.1, 0.15) is 15.4 Å². The predicted molar refractivity (Wildman–Crippen MR) is 105 cm³/mol. The normalized spacial score (nSPS) is 11.2. The Morgan fingerprint density at radius 3 is 2.63 bits per heavy atom. The SMILES string of the molecule is Cc1cc(C(F)F)nc2sc(C(N)=O)c(NC(=O)CCn3nc([N+](=O)[O-])cc3C)c12. The maximum absolute atomic E-state index is 13.0. The van der Waals surface area contributed by atoms with E-state index in [0.717, 1.165) is 11.3 Å². The number of rotatable bonds is 7. The molecule has 0 aliphatic rings. The fraction of sp³-hybridized carbons (Fsp3) is 0.294. The summed E-state index contributed by atoms with van der Waals surface area (Å²) in [6, 6.07) is 2.47. The molecule has 13 heteroatoms. The number of carbonyl (C=O) groups is 2. The zero-order valence-corrected chi connectivity index (χ0v) is 16.6. The molecular weight excluding hydrogens is 422 g/mol. The van der Waals surface area contributed by atoms with E-state index in [2.05, 4.69) is 15.4 Å². The molecule has 3 N–H and O–H groups in total. The van der Waals surface area contributed by atoms with E-state index in [9.17, 15) is 28.5 Å². The molecule has 3 aromatic heterocycles. The van der Waals surface area contributed by atoms with E-state index in [4.69, 9.17) is 5.73 Å².